The molecule has 0 bridgehead atoms. The van der Waals surface area contributed by atoms with Gasteiger partial charge in [0.15, 0.2) is 11.5 Å². The monoisotopic (exact) mass is 294 g/mol. The van der Waals surface area contributed by atoms with Crippen LogP contribution in [-0.2, 0) is 4.79 Å². The van der Waals surface area contributed by atoms with Crippen molar-refractivity contribution in [3.63, 3.8) is 0 Å². The molecule has 2 N–H and O–H groups in total. The maximum absolute atomic E-state index is 12.2. The van der Waals surface area contributed by atoms with E-state index in [0.717, 1.165) is 13.1 Å². The van der Waals surface area contributed by atoms with E-state index in [2.05, 4.69) is 10.6 Å². The number of rotatable bonds is 6. The number of anilines is 1. The number of nitrogens with one attached hydrogen (secondary N) is 2. The van der Waals surface area contributed by atoms with E-state index in [1.807, 2.05) is 6.92 Å². The molecule has 1 atom stereocenters. The third kappa shape index (κ3) is 3.21. The highest BCUT2D eigenvalue weighted by atomic mass is 16.5. The van der Waals surface area contributed by atoms with Gasteiger partial charge in [-0.3, -0.25) is 4.79 Å². The molecular weight excluding hydrogens is 272 g/mol. The van der Waals surface area contributed by atoms with Crippen molar-refractivity contribution in [3.8, 4) is 17.2 Å². The van der Waals surface area contributed by atoms with Crippen molar-refractivity contribution < 1.29 is 19.0 Å². The van der Waals surface area contributed by atoms with Gasteiger partial charge in [0.05, 0.1) is 21.3 Å². The summed E-state index contributed by atoms with van der Waals surface area (Å²) in [5.41, 5.74) is 0.633. The molecule has 1 aromatic carbocycles. The molecule has 1 saturated heterocycles. The van der Waals surface area contributed by atoms with E-state index in [9.17, 15) is 4.79 Å². The summed E-state index contributed by atoms with van der Waals surface area (Å²) < 4.78 is 15.8. The SMILES string of the molecule is COc1cc(NC(=O)C(C)C2CNC2)cc(OC)c1OC. The molecule has 1 aromatic rings. The molecule has 6 nitrogen and oxygen atoms in total. The Balaban J connectivity index is 2.17. The Kier molecular flexibility index (Phi) is 4.90. The van der Waals surface area contributed by atoms with E-state index in [-0.39, 0.29) is 11.8 Å². The standard InChI is InChI=1S/C15H22N2O4/c1-9(10-7-16-8-10)15(18)17-11-5-12(19-2)14(21-4)13(6-11)20-3/h5-6,9-10,16H,7-8H2,1-4H3,(H,17,18). The van der Waals surface area contributed by atoms with E-state index in [1.54, 1.807) is 33.5 Å². The zero-order chi connectivity index (χ0) is 15.4. The number of methoxy groups -OCH3 is 3. The first-order chi connectivity index (χ1) is 10.1. The van der Waals surface area contributed by atoms with Gasteiger partial charge < -0.3 is 24.8 Å². The molecule has 6 heteroatoms. The van der Waals surface area contributed by atoms with Crippen molar-refractivity contribution in [1.82, 2.24) is 5.32 Å². The maximum atomic E-state index is 12.2. The average molecular weight is 294 g/mol. The zero-order valence-electron chi connectivity index (χ0n) is 12.9. The Morgan fingerprint density at radius 1 is 1.19 bits per heavy atom. The minimum Gasteiger partial charge on any atom is -0.493 e. The molecule has 0 saturated carbocycles. The number of carbonyl (C=O) groups is 1. The lowest BCUT2D eigenvalue weighted by molar-refractivity contribution is -0.121. The predicted molar refractivity (Wildman–Crippen MR) is 80.3 cm³/mol. The summed E-state index contributed by atoms with van der Waals surface area (Å²) in [6.07, 6.45) is 0. The molecule has 0 spiro atoms. The van der Waals surface area contributed by atoms with Gasteiger partial charge in [0.25, 0.3) is 0 Å². The van der Waals surface area contributed by atoms with Crippen LogP contribution in [0.25, 0.3) is 0 Å². The van der Waals surface area contributed by atoms with Crippen LogP contribution >= 0.6 is 0 Å². The van der Waals surface area contributed by atoms with E-state index in [4.69, 9.17) is 14.2 Å². The summed E-state index contributed by atoms with van der Waals surface area (Å²) in [4.78, 5) is 12.2. The Bertz CT molecular complexity index is 489. The third-order valence-electron chi connectivity index (χ3n) is 3.87. The van der Waals surface area contributed by atoms with Gasteiger partial charge in [0.1, 0.15) is 0 Å². The second-order valence-electron chi connectivity index (χ2n) is 5.11. The van der Waals surface area contributed by atoms with Gasteiger partial charge in [-0.2, -0.15) is 0 Å². The first-order valence-electron chi connectivity index (χ1n) is 6.92. The van der Waals surface area contributed by atoms with Crippen LogP contribution < -0.4 is 24.8 Å². The number of hydrogen-bond donors (Lipinski definition) is 2. The summed E-state index contributed by atoms with van der Waals surface area (Å²) in [5, 5.41) is 6.09. The van der Waals surface area contributed by atoms with Gasteiger partial charge in [0.2, 0.25) is 11.7 Å². The number of benzene rings is 1. The highest BCUT2D eigenvalue weighted by Crippen LogP contribution is 2.40. The van der Waals surface area contributed by atoms with Crippen LogP contribution in [0.1, 0.15) is 6.92 Å². The average Bonchev–Trinajstić information content (AvgIpc) is 2.44. The van der Waals surface area contributed by atoms with Crippen LogP contribution in [0.2, 0.25) is 0 Å². The Morgan fingerprint density at radius 3 is 2.14 bits per heavy atom. The third-order valence-corrected chi connectivity index (χ3v) is 3.87. The molecule has 116 valence electrons. The molecule has 21 heavy (non-hydrogen) atoms. The van der Waals surface area contributed by atoms with E-state index < -0.39 is 0 Å². The number of amides is 1. The summed E-state index contributed by atoms with van der Waals surface area (Å²) in [5.74, 6) is 1.90. The lowest BCUT2D eigenvalue weighted by Crippen LogP contribution is -2.48. The minimum atomic E-state index is -0.0367. The fraction of sp³-hybridized carbons (Fsp3) is 0.533. The topological polar surface area (TPSA) is 68.8 Å². The van der Waals surface area contributed by atoms with Crippen LogP contribution in [-0.4, -0.2) is 40.3 Å². The first kappa shape index (κ1) is 15.4. The van der Waals surface area contributed by atoms with Crippen LogP contribution in [0, 0.1) is 11.8 Å². The van der Waals surface area contributed by atoms with Gasteiger partial charge in [-0.25, -0.2) is 0 Å². The lowest BCUT2D eigenvalue weighted by Gasteiger charge is -2.31. The molecule has 0 aromatic heterocycles. The van der Waals surface area contributed by atoms with E-state index >= 15 is 0 Å². The molecule has 1 aliphatic heterocycles. The highest BCUT2D eigenvalue weighted by Gasteiger charge is 2.29. The largest absolute Gasteiger partial charge is 0.493 e. The quantitative estimate of drug-likeness (QED) is 0.832. The fourth-order valence-electron chi connectivity index (χ4n) is 2.29. The van der Waals surface area contributed by atoms with Gasteiger partial charge in [0, 0.05) is 23.7 Å². The molecule has 1 fully saturated rings. The minimum absolute atomic E-state index is 0.00391. The first-order valence-corrected chi connectivity index (χ1v) is 6.92. The van der Waals surface area contributed by atoms with Crippen molar-refractivity contribution in [2.75, 3.05) is 39.7 Å². The van der Waals surface area contributed by atoms with Crippen molar-refractivity contribution >= 4 is 11.6 Å². The van der Waals surface area contributed by atoms with E-state index in [1.165, 1.54) is 0 Å². The molecular formula is C15H22N2O4. The number of carbonyl (C=O) groups excluding carboxylic acids is 1. The van der Waals surface area contributed by atoms with Gasteiger partial charge in [-0.05, 0) is 19.0 Å². The summed E-state index contributed by atoms with van der Waals surface area (Å²) in [7, 11) is 4.64. The summed E-state index contributed by atoms with van der Waals surface area (Å²) in [6.45, 7) is 3.73. The van der Waals surface area contributed by atoms with Gasteiger partial charge >= 0.3 is 0 Å². The van der Waals surface area contributed by atoms with Crippen LogP contribution in [0.5, 0.6) is 17.2 Å². The van der Waals surface area contributed by atoms with Crippen LogP contribution in [0.4, 0.5) is 5.69 Å². The number of hydrogen-bond acceptors (Lipinski definition) is 5. The molecule has 1 heterocycles. The Morgan fingerprint density at radius 2 is 1.76 bits per heavy atom. The molecule has 1 amide bonds. The second-order valence-corrected chi connectivity index (χ2v) is 5.11. The van der Waals surface area contributed by atoms with Crippen molar-refractivity contribution in [2.24, 2.45) is 11.8 Å². The zero-order valence-corrected chi connectivity index (χ0v) is 12.9. The Labute approximate surface area is 124 Å². The maximum Gasteiger partial charge on any atom is 0.227 e. The number of ether oxygens (including phenoxy) is 3. The predicted octanol–water partition coefficient (Wildman–Crippen LogP) is 1.51. The van der Waals surface area contributed by atoms with Gasteiger partial charge in [-0.15, -0.1) is 0 Å². The van der Waals surface area contributed by atoms with Crippen molar-refractivity contribution in [1.29, 1.82) is 0 Å². The van der Waals surface area contributed by atoms with E-state index in [0.29, 0.717) is 28.9 Å². The molecule has 2 rings (SSSR count). The molecule has 1 unspecified atom stereocenters. The fourth-order valence-corrected chi connectivity index (χ4v) is 2.29. The van der Waals surface area contributed by atoms with Crippen molar-refractivity contribution in [2.45, 2.75) is 6.92 Å². The normalized spacial score (nSPS) is 15.8. The molecule has 0 aliphatic carbocycles. The molecule has 0 radical (unpaired) electrons. The smallest absolute Gasteiger partial charge is 0.227 e. The Hall–Kier alpha value is -1.95. The lowest BCUT2D eigenvalue weighted by atomic mass is 9.88. The van der Waals surface area contributed by atoms with Crippen LogP contribution in [0.3, 0.4) is 0 Å². The van der Waals surface area contributed by atoms with Gasteiger partial charge in [-0.1, -0.05) is 6.92 Å². The summed E-state index contributed by atoms with van der Waals surface area (Å²) in [6, 6.07) is 3.45. The highest BCUT2D eigenvalue weighted by molar-refractivity contribution is 5.93. The molecule has 1 aliphatic rings. The second kappa shape index (κ2) is 6.67. The summed E-state index contributed by atoms with van der Waals surface area (Å²) >= 11 is 0. The van der Waals surface area contributed by atoms with Crippen LogP contribution in [0.15, 0.2) is 12.1 Å². The van der Waals surface area contributed by atoms with Crippen molar-refractivity contribution in [3.05, 3.63) is 12.1 Å².